The Morgan fingerprint density at radius 3 is 2.75 bits per heavy atom. The van der Waals surface area contributed by atoms with Gasteiger partial charge in [0.05, 0.1) is 12.7 Å². The molecule has 3 aliphatic rings. The number of rotatable bonds is 2. The van der Waals surface area contributed by atoms with Crippen LogP contribution in [0.1, 0.15) is 60.0 Å². The Morgan fingerprint density at radius 2 is 2.00 bits per heavy atom. The van der Waals surface area contributed by atoms with Gasteiger partial charge in [-0.25, -0.2) is 4.79 Å². The number of carbonyl (C=O) groups is 2. The first-order valence-corrected chi connectivity index (χ1v) is 9.10. The fourth-order valence-corrected chi connectivity index (χ4v) is 4.93. The van der Waals surface area contributed by atoms with Gasteiger partial charge in [-0.15, -0.1) is 0 Å². The molecule has 1 heterocycles. The number of methoxy groups -OCH3 is 1. The van der Waals surface area contributed by atoms with Crippen molar-refractivity contribution >= 4 is 11.9 Å². The molecule has 1 aromatic carbocycles. The van der Waals surface area contributed by atoms with E-state index in [2.05, 4.69) is 11.0 Å². The van der Waals surface area contributed by atoms with Crippen molar-refractivity contribution in [2.45, 2.75) is 57.4 Å². The molecule has 0 aromatic heterocycles. The minimum atomic E-state index is -0.285. The summed E-state index contributed by atoms with van der Waals surface area (Å²) in [6.45, 7) is 0.901. The minimum Gasteiger partial charge on any atom is -0.465 e. The molecule has 1 unspecified atom stereocenters. The van der Waals surface area contributed by atoms with Gasteiger partial charge in [-0.1, -0.05) is 18.9 Å². The minimum absolute atomic E-state index is 0.0708. The summed E-state index contributed by atoms with van der Waals surface area (Å²) in [5.74, 6) is 0.0574. The summed E-state index contributed by atoms with van der Waals surface area (Å²) in [7, 11) is 1.42. The molecule has 1 amide bonds. The Morgan fingerprint density at radius 1 is 1.21 bits per heavy atom. The van der Waals surface area contributed by atoms with Gasteiger partial charge in [-0.3, -0.25) is 4.79 Å². The highest BCUT2D eigenvalue weighted by Crippen LogP contribution is 2.45. The summed E-state index contributed by atoms with van der Waals surface area (Å²) in [5.41, 5.74) is 3.23. The van der Waals surface area contributed by atoms with Crippen LogP contribution in [0.2, 0.25) is 0 Å². The fourth-order valence-electron chi connectivity index (χ4n) is 4.93. The lowest BCUT2D eigenvalue weighted by Gasteiger charge is -2.35. The fraction of sp³-hybridized carbons (Fsp3) is 0.600. The predicted octanol–water partition coefficient (Wildman–Crippen LogP) is 3.12. The van der Waals surface area contributed by atoms with Gasteiger partial charge in [0.15, 0.2) is 0 Å². The SMILES string of the molecule is COC(=O)c1ccc2c(c1)CC1(CC2)CC(=O)N(C2CCCC2)C1. The number of hydrogen-bond acceptors (Lipinski definition) is 3. The molecule has 0 radical (unpaired) electrons. The second-order valence-corrected chi connectivity index (χ2v) is 7.79. The molecule has 128 valence electrons. The Labute approximate surface area is 143 Å². The van der Waals surface area contributed by atoms with Crippen molar-refractivity contribution in [1.82, 2.24) is 4.90 Å². The topological polar surface area (TPSA) is 46.6 Å². The number of carbonyl (C=O) groups excluding carboxylic acids is 2. The first-order valence-electron chi connectivity index (χ1n) is 9.10. The van der Waals surface area contributed by atoms with Crippen molar-refractivity contribution in [2.24, 2.45) is 5.41 Å². The van der Waals surface area contributed by atoms with Crippen LogP contribution in [0.3, 0.4) is 0 Å². The molecule has 1 saturated heterocycles. The van der Waals surface area contributed by atoms with Gasteiger partial charge in [0.2, 0.25) is 5.91 Å². The number of hydrogen-bond donors (Lipinski definition) is 0. The van der Waals surface area contributed by atoms with Gasteiger partial charge < -0.3 is 9.64 Å². The number of amides is 1. The van der Waals surface area contributed by atoms with Gasteiger partial charge in [0.25, 0.3) is 0 Å². The van der Waals surface area contributed by atoms with E-state index in [9.17, 15) is 9.59 Å². The Balaban J connectivity index is 1.57. The van der Waals surface area contributed by atoms with Crippen LogP contribution in [0.15, 0.2) is 18.2 Å². The number of nitrogens with zero attached hydrogens (tertiary/aromatic N) is 1. The van der Waals surface area contributed by atoms with E-state index in [0.29, 0.717) is 23.9 Å². The van der Waals surface area contributed by atoms with Crippen molar-refractivity contribution in [1.29, 1.82) is 0 Å². The van der Waals surface area contributed by atoms with Gasteiger partial charge in [-0.05, 0) is 55.4 Å². The number of ether oxygens (including phenoxy) is 1. The molecule has 1 atom stereocenters. The highest BCUT2D eigenvalue weighted by molar-refractivity contribution is 5.89. The van der Waals surface area contributed by atoms with Crippen LogP contribution in [0.5, 0.6) is 0 Å². The quantitative estimate of drug-likeness (QED) is 0.784. The highest BCUT2D eigenvalue weighted by Gasteiger charge is 2.47. The largest absolute Gasteiger partial charge is 0.465 e. The molecule has 1 aliphatic heterocycles. The van der Waals surface area contributed by atoms with E-state index < -0.39 is 0 Å². The van der Waals surface area contributed by atoms with Crippen molar-refractivity contribution < 1.29 is 14.3 Å². The number of fused-ring (bicyclic) bond motifs is 1. The van der Waals surface area contributed by atoms with E-state index >= 15 is 0 Å². The average molecular weight is 327 g/mol. The summed E-state index contributed by atoms with van der Waals surface area (Å²) in [6, 6.07) is 6.36. The smallest absolute Gasteiger partial charge is 0.337 e. The van der Waals surface area contributed by atoms with Crippen molar-refractivity contribution in [3.05, 3.63) is 34.9 Å². The molecule has 1 saturated carbocycles. The molecule has 24 heavy (non-hydrogen) atoms. The zero-order valence-corrected chi connectivity index (χ0v) is 14.3. The molecule has 2 aliphatic carbocycles. The summed E-state index contributed by atoms with van der Waals surface area (Å²) in [6.07, 6.45) is 8.51. The van der Waals surface area contributed by atoms with E-state index in [-0.39, 0.29) is 11.4 Å². The van der Waals surface area contributed by atoms with E-state index in [1.165, 1.54) is 43.9 Å². The molecular formula is C20H25NO3. The summed E-state index contributed by atoms with van der Waals surface area (Å²) >= 11 is 0. The molecule has 0 N–H and O–H groups in total. The standard InChI is InChI=1S/C20H25NO3/c1-24-19(23)15-7-6-14-8-9-20(11-16(14)10-15)12-18(22)21(13-20)17-4-2-3-5-17/h6-7,10,17H,2-5,8-9,11-13H2,1H3. The van der Waals surface area contributed by atoms with Gasteiger partial charge in [-0.2, -0.15) is 0 Å². The lowest BCUT2D eigenvalue weighted by molar-refractivity contribution is -0.129. The monoisotopic (exact) mass is 327 g/mol. The summed E-state index contributed by atoms with van der Waals surface area (Å²) in [5, 5.41) is 0. The maximum atomic E-state index is 12.6. The van der Waals surface area contributed by atoms with Crippen LogP contribution < -0.4 is 0 Å². The van der Waals surface area contributed by atoms with Crippen LogP contribution in [0.25, 0.3) is 0 Å². The van der Waals surface area contributed by atoms with Crippen molar-refractivity contribution in [3.8, 4) is 0 Å². The lowest BCUT2D eigenvalue weighted by atomic mass is 9.70. The number of benzene rings is 1. The Hall–Kier alpha value is -1.84. The zero-order chi connectivity index (χ0) is 16.7. The van der Waals surface area contributed by atoms with Crippen LogP contribution in [0, 0.1) is 5.41 Å². The normalized spacial score (nSPS) is 26.9. The maximum absolute atomic E-state index is 12.6. The van der Waals surface area contributed by atoms with Crippen LogP contribution in [-0.2, 0) is 22.4 Å². The van der Waals surface area contributed by atoms with E-state index in [1.54, 1.807) is 0 Å². The molecule has 0 bridgehead atoms. The van der Waals surface area contributed by atoms with Crippen molar-refractivity contribution in [2.75, 3.05) is 13.7 Å². The van der Waals surface area contributed by atoms with Gasteiger partial charge in [0.1, 0.15) is 0 Å². The van der Waals surface area contributed by atoms with Crippen molar-refractivity contribution in [3.63, 3.8) is 0 Å². The molecule has 4 heteroatoms. The van der Waals surface area contributed by atoms with E-state index in [1.807, 2.05) is 12.1 Å². The molecule has 4 nitrogen and oxygen atoms in total. The van der Waals surface area contributed by atoms with Crippen LogP contribution in [-0.4, -0.2) is 36.5 Å². The van der Waals surface area contributed by atoms with Crippen LogP contribution in [0.4, 0.5) is 0 Å². The number of likely N-dealkylation sites (tertiary alicyclic amines) is 1. The third-order valence-electron chi connectivity index (χ3n) is 6.24. The molecule has 4 rings (SSSR count). The number of aryl methyl sites for hydroxylation is 1. The second kappa shape index (κ2) is 5.91. The third kappa shape index (κ3) is 2.62. The molecule has 1 spiro atoms. The van der Waals surface area contributed by atoms with Gasteiger partial charge >= 0.3 is 5.97 Å². The first-order chi connectivity index (χ1) is 11.6. The zero-order valence-electron chi connectivity index (χ0n) is 14.3. The molecular weight excluding hydrogens is 302 g/mol. The predicted molar refractivity (Wildman–Crippen MR) is 90.8 cm³/mol. The maximum Gasteiger partial charge on any atom is 0.337 e. The van der Waals surface area contributed by atoms with E-state index in [4.69, 9.17) is 4.74 Å². The number of esters is 1. The Kier molecular flexibility index (Phi) is 3.86. The molecule has 2 fully saturated rings. The highest BCUT2D eigenvalue weighted by atomic mass is 16.5. The second-order valence-electron chi connectivity index (χ2n) is 7.79. The molecule has 1 aromatic rings. The summed E-state index contributed by atoms with van der Waals surface area (Å²) in [4.78, 5) is 26.6. The Bertz CT molecular complexity index is 677. The third-order valence-corrected chi connectivity index (χ3v) is 6.24. The average Bonchev–Trinajstić information content (AvgIpc) is 3.21. The summed E-state index contributed by atoms with van der Waals surface area (Å²) < 4.78 is 4.84. The van der Waals surface area contributed by atoms with E-state index in [0.717, 1.165) is 25.8 Å². The van der Waals surface area contributed by atoms with Gasteiger partial charge in [0, 0.05) is 24.4 Å². The first kappa shape index (κ1) is 15.7. The lowest BCUT2D eigenvalue weighted by Crippen LogP contribution is -2.37. The van der Waals surface area contributed by atoms with Crippen LogP contribution >= 0.6 is 0 Å².